The summed E-state index contributed by atoms with van der Waals surface area (Å²) < 4.78 is 0. The Morgan fingerprint density at radius 1 is 1.41 bits per heavy atom. The largest absolute Gasteiger partial charge is 0.478 e. The fourth-order valence-electron chi connectivity index (χ4n) is 3.21. The lowest BCUT2D eigenvalue weighted by molar-refractivity contribution is 0.0697. The van der Waals surface area contributed by atoms with Crippen molar-refractivity contribution in [2.45, 2.75) is 31.7 Å². The average Bonchev–Trinajstić information content (AvgIpc) is 2.91. The van der Waals surface area contributed by atoms with Crippen molar-refractivity contribution in [3.63, 3.8) is 0 Å². The second kappa shape index (κ2) is 3.98. The minimum atomic E-state index is -0.953. The Labute approximate surface area is 99.3 Å². The molecule has 2 N–H and O–H groups in total. The second-order valence-corrected chi connectivity index (χ2v) is 5.02. The van der Waals surface area contributed by atoms with Gasteiger partial charge in [-0.2, -0.15) is 5.10 Å². The van der Waals surface area contributed by atoms with Crippen LogP contribution in [0.4, 0.5) is 5.82 Å². The zero-order valence-corrected chi connectivity index (χ0v) is 9.47. The zero-order chi connectivity index (χ0) is 11.8. The number of aromatic carboxylic acids is 1. The van der Waals surface area contributed by atoms with Gasteiger partial charge in [0.1, 0.15) is 5.56 Å². The molecule has 1 aromatic heterocycles. The summed E-state index contributed by atoms with van der Waals surface area (Å²) in [5, 5.41) is 20.0. The Morgan fingerprint density at radius 3 is 2.94 bits per heavy atom. The molecule has 2 aliphatic carbocycles. The molecular weight excluding hydrogens is 218 g/mol. The molecule has 3 atom stereocenters. The van der Waals surface area contributed by atoms with Crippen LogP contribution in [0.15, 0.2) is 12.3 Å². The van der Waals surface area contributed by atoms with Crippen molar-refractivity contribution in [3.8, 4) is 0 Å². The molecule has 1 aromatic rings. The molecule has 3 unspecified atom stereocenters. The highest BCUT2D eigenvalue weighted by Crippen LogP contribution is 2.45. The Balaban J connectivity index is 1.79. The van der Waals surface area contributed by atoms with E-state index in [1.54, 1.807) is 0 Å². The molecule has 2 aliphatic rings. The first-order valence-electron chi connectivity index (χ1n) is 6.05. The van der Waals surface area contributed by atoms with E-state index in [-0.39, 0.29) is 5.56 Å². The van der Waals surface area contributed by atoms with E-state index in [2.05, 4.69) is 15.5 Å². The van der Waals surface area contributed by atoms with Crippen LogP contribution in [0.3, 0.4) is 0 Å². The van der Waals surface area contributed by atoms with Crippen molar-refractivity contribution in [1.82, 2.24) is 10.2 Å². The highest BCUT2D eigenvalue weighted by atomic mass is 16.4. The Hall–Kier alpha value is -1.65. The van der Waals surface area contributed by atoms with Gasteiger partial charge in [0.25, 0.3) is 0 Å². The first kappa shape index (κ1) is 10.5. The maximum absolute atomic E-state index is 11.0. The molecule has 2 bridgehead atoms. The van der Waals surface area contributed by atoms with Crippen molar-refractivity contribution in [1.29, 1.82) is 0 Å². The van der Waals surface area contributed by atoms with Gasteiger partial charge >= 0.3 is 5.97 Å². The maximum atomic E-state index is 11.0. The lowest BCUT2D eigenvalue weighted by atomic mass is 9.95. The summed E-state index contributed by atoms with van der Waals surface area (Å²) in [7, 11) is 0. The number of aromatic nitrogens is 2. The fraction of sp³-hybridized carbons (Fsp3) is 0.583. The van der Waals surface area contributed by atoms with Crippen molar-refractivity contribution in [2.75, 3.05) is 5.32 Å². The SMILES string of the molecule is O=C(O)c1ccnnc1NC1CC2CCC1C2. The average molecular weight is 233 g/mol. The van der Waals surface area contributed by atoms with Crippen LogP contribution >= 0.6 is 0 Å². The summed E-state index contributed by atoms with van der Waals surface area (Å²) >= 11 is 0. The number of hydrogen-bond donors (Lipinski definition) is 2. The number of hydrogen-bond acceptors (Lipinski definition) is 4. The van der Waals surface area contributed by atoms with E-state index in [1.807, 2.05) is 0 Å². The molecule has 0 radical (unpaired) electrons. The highest BCUT2D eigenvalue weighted by molar-refractivity contribution is 5.92. The van der Waals surface area contributed by atoms with E-state index in [0.717, 1.165) is 12.3 Å². The minimum Gasteiger partial charge on any atom is -0.478 e. The van der Waals surface area contributed by atoms with E-state index in [0.29, 0.717) is 17.8 Å². The Kier molecular flexibility index (Phi) is 2.46. The predicted octanol–water partition coefficient (Wildman–Crippen LogP) is 1.78. The number of carboxylic acids is 1. The third-order valence-corrected chi connectivity index (χ3v) is 4.01. The summed E-state index contributed by atoms with van der Waals surface area (Å²) in [6.45, 7) is 0. The molecule has 0 aliphatic heterocycles. The standard InChI is InChI=1S/C12H15N3O2/c16-12(17)9-3-4-13-15-11(9)14-10-6-7-1-2-8(10)5-7/h3-4,7-8,10H,1-2,5-6H2,(H,14,15)(H,16,17). The second-order valence-electron chi connectivity index (χ2n) is 5.02. The van der Waals surface area contributed by atoms with Crippen molar-refractivity contribution < 1.29 is 9.90 Å². The van der Waals surface area contributed by atoms with Crippen LogP contribution in [0.1, 0.15) is 36.0 Å². The number of rotatable bonds is 3. The fourth-order valence-corrected chi connectivity index (χ4v) is 3.21. The van der Waals surface area contributed by atoms with Gasteiger partial charge in [-0.25, -0.2) is 4.79 Å². The smallest absolute Gasteiger partial charge is 0.339 e. The van der Waals surface area contributed by atoms with Crippen LogP contribution in [0, 0.1) is 11.8 Å². The Bertz CT molecular complexity index is 449. The van der Waals surface area contributed by atoms with Gasteiger partial charge in [0.05, 0.1) is 6.20 Å². The number of carboxylic acid groups (broad SMARTS) is 1. The maximum Gasteiger partial charge on any atom is 0.339 e. The molecule has 90 valence electrons. The monoisotopic (exact) mass is 233 g/mol. The van der Waals surface area contributed by atoms with Gasteiger partial charge < -0.3 is 10.4 Å². The van der Waals surface area contributed by atoms with Gasteiger partial charge in [0.15, 0.2) is 5.82 Å². The van der Waals surface area contributed by atoms with Gasteiger partial charge in [-0.15, -0.1) is 5.10 Å². The molecule has 0 spiro atoms. The number of nitrogens with zero attached hydrogens (tertiary/aromatic N) is 2. The molecule has 2 fully saturated rings. The van der Waals surface area contributed by atoms with E-state index in [1.165, 1.54) is 31.5 Å². The van der Waals surface area contributed by atoms with Gasteiger partial charge in [0, 0.05) is 6.04 Å². The topological polar surface area (TPSA) is 75.1 Å². The van der Waals surface area contributed by atoms with E-state index >= 15 is 0 Å². The van der Waals surface area contributed by atoms with Crippen LogP contribution < -0.4 is 5.32 Å². The Morgan fingerprint density at radius 2 is 2.29 bits per heavy atom. The molecule has 0 saturated heterocycles. The summed E-state index contributed by atoms with van der Waals surface area (Å²) in [6.07, 6.45) is 6.41. The van der Waals surface area contributed by atoms with E-state index < -0.39 is 5.97 Å². The number of anilines is 1. The summed E-state index contributed by atoms with van der Waals surface area (Å²) in [4.78, 5) is 11.0. The molecule has 1 heterocycles. The summed E-state index contributed by atoms with van der Waals surface area (Å²) in [5.74, 6) is 0.967. The van der Waals surface area contributed by atoms with E-state index in [9.17, 15) is 4.79 Å². The summed E-state index contributed by atoms with van der Waals surface area (Å²) in [6, 6.07) is 1.87. The van der Waals surface area contributed by atoms with Gasteiger partial charge in [-0.1, -0.05) is 6.42 Å². The quantitative estimate of drug-likeness (QED) is 0.832. The van der Waals surface area contributed by atoms with Crippen LogP contribution in [0.25, 0.3) is 0 Å². The van der Waals surface area contributed by atoms with Gasteiger partial charge in [0.2, 0.25) is 0 Å². The number of nitrogens with one attached hydrogen (secondary N) is 1. The molecule has 5 heteroatoms. The first-order valence-corrected chi connectivity index (χ1v) is 6.05. The third-order valence-electron chi connectivity index (χ3n) is 4.01. The predicted molar refractivity (Wildman–Crippen MR) is 61.9 cm³/mol. The normalized spacial score (nSPS) is 30.5. The number of carbonyl (C=O) groups is 1. The lowest BCUT2D eigenvalue weighted by Gasteiger charge is -2.23. The summed E-state index contributed by atoms with van der Waals surface area (Å²) in [5.41, 5.74) is 0.211. The highest BCUT2D eigenvalue weighted by Gasteiger charge is 2.39. The van der Waals surface area contributed by atoms with Gasteiger partial charge in [-0.05, 0) is 37.2 Å². The van der Waals surface area contributed by atoms with Crippen LogP contribution in [-0.4, -0.2) is 27.3 Å². The molecule has 0 amide bonds. The molecule has 5 nitrogen and oxygen atoms in total. The van der Waals surface area contributed by atoms with Crippen molar-refractivity contribution >= 4 is 11.8 Å². The minimum absolute atomic E-state index is 0.211. The van der Waals surface area contributed by atoms with Crippen molar-refractivity contribution in [2.24, 2.45) is 11.8 Å². The van der Waals surface area contributed by atoms with Crippen molar-refractivity contribution in [3.05, 3.63) is 17.8 Å². The molecule has 2 saturated carbocycles. The van der Waals surface area contributed by atoms with Gasteiger partial charge in [-0.3, -0.25) is 0 Å². The van der Waals surface area contributed by atoms with Crippen LogP contribution in [-0.2, 0) is 0 Å². The number of fused-ring (bicyclic) bond motifs is 2. The lowest BCUT2D eigenvalue weighted by Crippen LogP contribution is -2.27. The molecule has 3 rings (SSSR count). The molecular formula is C12H15N3O2. The third kappa shape index (κ3) is 1.85. The molecule has 17 heavy (non-hydrogen) atoms. The first-order chi connectivity index (χ1) is 8.24. The molecule has 0 aromatic carbocycles. The zero-order valence-electron chi connectivity index (χ0n) is 9.47. The van der Waals surface area contributed by atoms with Crippen LogP contribution in [0.2, 0.25) is 0 Å². The van der Waals surface area contributed by atoms with E-state index in [4.69, 9.17) is 5.11 Å². The van der Waals surface area contributed by atoms with Crippen LogP contribution in [0.5, 0.6) is 0 Å².